The van der Waals surface area contributed by atoms with E-state index in [1.54, 1.807) is 6.92 Å². The fraction of sp³-hybridized carbons (Fsp3) is 0.600. The Hall–Kier alpha value is -2.12. The first kappa shape index (κ1) is 13.9. The van der Waals surface area contributed by atoms with Gasteiger partial charge in [-0.05, 0) is 5.92 Å². The van der Waals surface area contributed by atoms with E-state index in [1.165, 1.54) is 0 Å². The van der Waals surface area contributed by atoms with E-state index in [1.807, 2.05) is 6.92 Å². The minimum atomic E-state index is -1.06. The summed E-state index contributed by atoms with van der Waals surface area (Å²) in [4.78, 5) is 26.2. The molecule has 0 saturated heterocycles. The van der Waals surface area contributed by atoms with Crippen molar-refractivity contribution < 1.29 is 19.2 Å². The fourth-order valence-electron chi connectivity index (χ4n) is 1.30. The number of carbonyl (C=O) groups excluding carboxylic acids is 1. The normalized spacial score (nSPS) is 13.7. The molecule has 0 saturated carbocycles. The minimum absolute atomic E-state index is 0.0785. The standard InChI is InChI=1S/C10H16N4O4/c1-3-6(2)8(9(15)16)13-10(17)11-4-7-12-5-18-14-7/h5-6,8H,3-4H2,1-2H3,(H,15,16)(H2,11,13,17). The van der Waals surface area contributed by atoms with Crippen molar-refractivity contribution in [2.45, 2.75) is 32.9 Å². The van der Waals surface area contributed by atoms with Crippen LogP contribution in [0.4, 0.5) is 4.79 Å². The fourth-order valence-corrected chi connectivity index (χ4v) is 1.30. The number of urea groups is 1. The van der Waals surface area contributed by atoms with Crippen molar-refractivity contribution in [1.29, 1.82) is 0 Å². The highest BCUT2D eigenvalue weighted by molar-refractivity contribution is 5.82. The molecule has 0 fully saturated rings. The van der Waals surface area contributed by atoms with Crippen molar-refractivity contribution in [3.05, 3.63) is 12.2 Å². The van der Waals surface area contributed by atoms with Crippen molar-refractivity contribution in [1.82, 2.24) is 20.8 Å². The van der Waals surface area contributed by atoms with Crippen LogP contribution in [0.2, 0.25) is 0 Å². The van der Waals surface area contributed by atoms with Crippen molar-refractivity contribution in [2.75, 3.05) is 0 Å². The molecule has 0 aliphatic rings. The summed E-state index contributed by atoms with van der Waals surface area (Å²) in [6, 6.07) is -1.49. The predicted molar refractivity (Wildman–Crippen MR) is 60.5 cm³/mol. The molecule has 0 aromatic carbocycles. The molecule has 0 aliphatic carbocycles. The summed E-state index contributed by atoms with van der Waals surface area (Å²) in [5, 5.41) is 17.3. The number of aliphatic carboxylic acids is 1. The molecule has 18 heavy (non-hydrogen) atoms. The molecule has 1 aromatic rings. The summed E-state index contributed by atoms with van der Waals surface area (Å²) in [5.74, 6) is -0.891. The second-order valence-electron chi connectivity index (χ2n) is 3.88. The van der Waals surface area contributed by atoms with E-state index in [-0.39, 0.29) is 12.5 Å². The SMILES string of the molecule is CCC(C)C(NC(=O)NCc1ncon1)C(=O)O. The molecule has 3 N–H and O–H groups in total. The van der Waals surface area contributed by atoms with Crippen LogP contribution in [0.15, 0.2) is 10.9 Å². The zero-order chi connectivity index (χ0) is 13.5. The van der Waals surface area contributed by atoms with Gasteiger partial charge in [-0.3, -0.25) is 0 Å². The van der Waals surface area contributed by atoms with Gasteiger partial charge in [0.15, 0.2) is 5.82 Å². The number of hydrogen-bond donors (Lipinski definition) is 3. The number of nitrogens with one attached hydrogen (secondary N) is 2. The van der Waals surface area contributed by atoms with Crippen LogP contribution >= 0.6 is 0 Å². The average molecular weight is 256 g/mol. The van der Waals surface area contributed by atoms with Gasteiger partial charge >= 0.3 is 12.0 Å². The van der Waals surface area contributed by atoms with Crippen molar-refractivity contribution in [3.63, 3.8) is 0 Å². The van der Waals surface area contributed by atoms with Gasteiger partial charge in [-0.2, -0.15) is 4.98 Å². The Kier molecular flexibility index (Phi) is 5.09. The maximum atomic E-state index is 11.5. The number of carboxylic acids is 1. The third-order valence-electron chi connectivity index (χ3n) is 2.58. The smallest absolute Gasteiger partial charge is 0.326 e. The van der Waals surface area contributed by atoms with Crippen molar-refractivity contribution >= 4 is 12.0 Å². The molecule has 2 amide bonds. The first-order valence-electron chi connectivity index (χ1n) is 5.57. The molecule has 2 atom stereocenters. The highest BCUT2D eigenvalue weighted by atomic mass is 16.5. The first-order chi connectivity index (χ1) is 8.54. The van der Waals surface area contributed by atoms with Crippen LogP contribution in [0.3, 0.4) is 0 Å². The van der Waals surface area contributed by atoms with Crippen molar-refractivity contribution in [3.8, 4) is 0 Å². The van der Waals surface area contributed by atoms with Gasteiger partial charge in [0.2, 0.25) is 6.39 Å². The van der Waals surface area contributed by atoms with Crippen LogP contribution in [-0.4, -0.2) is 33.3 Å². The van der Waals surface area contributed by atoms with Crippen LogP contribution in [0, 0.1) is 5.92 Å². The number of hydrogen-bond acceptors (Lipinski definition) is 5. The number of aromatic nitrogens is 2. The molecule has 2 unspecified atom stereocenters. The summed E-state index contributed by atoms with van der Waals surface area (Å²) < 4.78 is 4.49. The van der Waals surface area contributed by atoms with Gasteiger partial charge in [0.05, 0.1) is 6.54 Å². The lowest BCUT2D eigenvalue weighted by Crippen LogP contribution is -2.48. The minimum Gasteiger partial charge on any atom is -0.480 e. The van der Waals surface area contributed by atoms with Crippen LogP contribution < -0.4 is 10.6 Å². The van der Waals surface area contributed by atoms with E-state index < -0.39 is 18.0 Å². The molecular formula is C10H16N4O4. The molecule has 0 radical (unpaired) electrons. The lowest BCUT2D eigenvalue weighted by atomic mass is 9.99. The third-order valence-corrected chi connectivity index (χ3v) is 2.58. The maximum absolute atomic E-state index is 11.5. The van der Waals surface area contributed by atoms with Crippen molar-refractivity contribution in [2.24, 2.45) is 5.92 Å². The topological polar surface area (TPSA) is 117 Å². The second kappa shape index (κ2) is 6.58. The summed E-state index contributed by atoms with van der Waals surface area (Å²) in [5.41, 5.74) is 0. The summed E-state index contributed by atoms with van der Waals surface area (Å²) in [6.45, 7) is 3.70. The van der Waals surface area contributed by atoms with E-state index in [9.17, 15) is 9.59 Å². The molecule has 1 aromatic heterocycles. The van der Waals surface area contributed by atoms with Gasteiger partial charge < -0.3 is 20.3 Å². The Morgan fingerprint density at radius 2 is 2.28 bits per heavy atom. The molecule has 0 bridgehead atoms. The molecule has 1 heterocycles. The Labute approximate surface area is 104 Å². The largest absolute Gasteiger partial charge is 0.480 e. The first-order valence-corrected chi connectivity index (χ1v) is 5.57. The molecular weight excluding hydrogens is 240 g/mol. The van der Waals surface area contributed by atoms with Crippen LogP contribution in [0.1, 0.15) is 26.1 Å². The van der Waals surface area contributed by atoms with E-state index in [4.69, 9.17) is 5.11 Å². The van der Waals surface area contributed by atoms with Gasteiger partial charge in [0.25, 0.3) is 0 Å². The zero-order valence-electron chi connectivity index (χ0n) is 10.2. The van der Waals surface area contributed by atoms with Crippen LogP contribution in [0.5, 0.6) is 0 Å². The van der Waals surface area contributed by atoms with Gasteiger partial charge in [0.1, 0.15) is 6.04 Å². The number of carbonyl (C=O) groups is 2. The number of rotatable bonds is 6. The quantitative estimate of drug-likeness (QED) is 0.676. The lowest BCUT2D eigenvalue weighted by Gasteiger charge is -2.20. The molecule has 8 heteroatoms. The third kappa shape index (κ3) is 4.04. The van der Waals surface area contributed by atoms with E-state index >= 15 is 0 Å². The Morgan fingerprint density at radius 3 is 2.78 bits per heavy atom. The molecule has 100 valence electrons. The summed E-state index contributed by atoms with van der Waals surface area (Å²) >= 11 is 0. The highest BCUT2D eigenvalue weighted by Gasteiger charge is 2.25. The van der Waals surface area contributed by atoms with Gasteiger partial charge in [-0.1, -0.05) is 25.4 Å². The van der Waals surface area contributed by atoms with E-state index in [0.29, 0.717) is 12.2 Å². The predicted octanol–water partition coefficient (Wildman–Crippen LogP) is 0.368. The number of carboxylic acid groups (broad SMARTS) is 1. The maximum Gasteiger partial charge on any atom is 0.326 e. The Morgan fingerprint density at radius 1 is 1.56 bits per heavy atom. The molecule has 8 nitrogen and oxygen atoms in total. The molecule has 1 rings (SSSR count). The Bertz CT molecular complexity index is 393. The molecule has 0 spiro atoms. The van der Waals surface area contributed by atoms with E-state index in [0.717, 1.165) is 6.39 Å². The average Bonchev–Trinajstić information content (AvgIpc) is 2.85. The van der Waals surface area contributed by atoms with Gasteiger partial charge in [0, 0.05) is 0 Å². The van der Waals surface area contributed by atoms with E-state index in [2.05, 4.69) is 25.3 Å². The Balaban J connectivity index is 2.44. The summed E-state index contributed by atoms with van der Waals surface area (Å²) in [7, 11) is 0. The second-order valence-corrected chi connectivity index (χ2v) is 3.88. The number of amides is 2. The summed E-state index contributed by atoms with van der Waals surface area (Å²) in [6.07, 6.45) is 1.80. The lowest BCUT2D eigenvalue weighted by molar-refractivity contribution is -0.140. The van der Waals surface area contributed by atoms with Crippen LogP contribution in [0.25, 0.3) is 0 Å². The van der Waals surface area contributed by atoms with Gasteiger partial charge in [-0.25, -0.2) is 9.59 Å². The van der Waals surface area contributed by atoms with Crippen LogP contribution in [-0.2, 0) is 11.3 Å². The monoisotopic (exact) mass is 256 g/mol. The highest BCUT2D eigenvalue weighted by Crippen LogP contribution is 2.07. The van der Waals surface area contributed by atoms with Gasteiger partial charge in [-0.15, -0.1) is 0 Å². The molecule has 0 aliphatic heterocycles. The zero-order valence-corrected chi connectivity index (χ0v) is 10.2. The number of nitrogens with zero attached hydrogens (tertiary/aromatic N) is 2.